The van der Waals surface area contributed by atoms with Crippen LogP contribution in [-0.4, -0.2) is 20.6 Å². The third-order valence-electron chi connectivity index (χ3n) is 4.67. The Kier molecular flexibility index (Phi) is 4.29. The molecular formula is C15H30O3Si. The van der Waals surface area contributed by atoms with Crippen molar-refractivity contribution in [3.63, 3.8) is 0 Å². The van der Waals surface area contributed by atoms with E-state index < -0.39 is 8.32 Å². The molecule has 19 heavy (non-hydrogen) atoms. The van der Waals surface area contributed by atoms with E-state index in [0.717, 1.165) is 0 Å². The Bertz CT molecular complexity index is 337. The molecular weight excluding hydrogens is 256 g/mol. The highest BCUT2D eigenvalue weighted by atomic mass is 28.4. The SMILES string of the molecule is CC(=O)O[C@H]1O[Si](C(C)(C)C)(C(C)(C)C)[C@H](C)[C@H]1C. The smallest absolute Gasteiger partial charge is 0.304 e. The molecule has 1 aliphatic heterocycles. The molecule has 0 aromatic carbocycles. The summed E-state index contributed by atoms with van der Waals surface area (Å²) in [5.74, 6) is 0.00526. The summed E-state index contributed by atoms with van der Waals surface area (Å²) in [6, 6.07) is 0. The topological polar surface area (TPSA) is 35.5 Å². The molecule has 1 aliphatic rings. The van der Waals surface area contributed by atoms with Crippen LogP contribution in [0.3, 0.4) is 0 Å². The van der Waals surface area contributed by atoms with Crippen molar-refractivity contribution in [3.05, 3.63) is 0 Å². The van der Waals surface area contributed by atoms with E-state index in [1.54, 1.807) is 0 Å². The third kappa shape index (κ3) is 2.61. The van der Waals surface area contributed by atoms with Gasteiger partial charge < -0.3 is 9.16 Å². The van der Waals surface area contributed by atoms with Gasteiger partial charge in [-0.05, 0) is 15.6 Å². The van der Waals surface area contributed by atoms with Crippen molar-refractivity contribution in [1.82, 2.24) is 0 Å². The maximum absolute atomic E-state index is 11.3. The van der Waals surface area contributed by atoms with Gasteiger partial charge >= 0.3 is 5.97 Å². The van der Waals surface area contributed by atoms with Crippen molar-refractivity contribution in [3.8, 4) is 0 Å². The molecule has 0 spiro atoms. The average molecular weight is 286 g/mol. The standard InChI is InChI=1S/C15H30O3Si/c1-10-11(2)19(14(4,5)6,15(7,8)9)18-13(10)17-12(3)16/h10-11,13H,1-9H3/t10-,11-,13+/m1/s1. The van der Waals surface area contributed by atoms with E-state index in [2.05, 4.69) is 55.4 Å². The number of hydrogen-bond acceptors (Lipinski definition) is 3. The minimum absolute atomic E-state index is 0.105. The lowest BCUT2D eigenvalue weighted by Crippen LogP contribution is -2.55. The van der Waals surface area contributed by atoms with E-state index in [-0.39, 0.29) is 28.3 Å². The first-order chi connectivity index (χ1) is 8.34. The minimum Gasteiger partial charge on any atom is -0.437 e. The first-order valence-corrected chi connectivity index (χ1v) is 9.18. The Balaban J connectivity index is 3.25. The van der Waals surface area contributed by atoms with Gasteiger partial charge in [0, 0.05) is 12.8 Å². The number of carbonyl (C=O) groups is 1. The molecule has 3 nitrogen and oxygen atoms in total. The van der Waals surface area contributed by atoms with Gasteiger partial charge in [-0.15, -0.1) is 0 Å². The number of esters is 1. The molecule has 0 unspecified atom stereocenters. The molecule has 0 bridgehead atoms. The zero-order valence-corrected chi connectivity index (χ0v) is 15.0. The molecule has 1 saturated heterocycles. The quantitative estimate of drug-likeness (QED) is 0.527. The highest BCUT2D eigenvalue weighted by Crippen LogP contribution is 2.63. The molecule has 0 aromatic heterocycles. The Morgan fingerprint density at radius 1 is 1.05 bits per heavy atom. The predicted octanol–water partition coefficient (Wildman–Crippen LogP) is 4.48. The molecule has 0 radical (unpaired) electrons. The summed E-state index contributed by atoms with van der Waals surface area (Å²) in [5, 5.41) is 0.210. The van der Waals surface area contributed by atoms with Crippen LogP contribution in [0.5, 0.6) is 0 Å². The van der Waals surface area contributed by atoms with Gasteiger partial charge in [0.05, 0.1) is 0 Å². The number of ether oxygens (including phenoxy) is 1. The van der Waals surface area contributed by atoms with Crippen molar-refractivity contribution in [2.24, 2.45) is 5.92 Å². The van der Waals surface area contributed by atoms with Crippen molar-refractivity contribution in [2.45, 2.75) is 84.2 Å². The predicted molar refractivity (Wildman–Crippen MR) is 80.4 cm³/mol. The highest BCUT2D eigenvalue weighted by molar-refractivity contribution is 6.81. The molecule has 0 saturated carbocycles. The second-order valence-electron chi connectivity index (χ2n) is 7.98. The van der Waals surface area contributed by atoms with Crippen LogP contribution in [0.15, 0.2) is 0 Å². The Morgan fingerprint density at radius 2 is 1.47 bits per heavy atom. The molecule has 1 rings (SSSR count). The zero-order chi connectivity index (χ0) is 15.2. The Labute approximate surface area is 119 Å². The molecule has 4 heteroatoms. The Morgan fingerprint density at radius 3 is 1.74 bits per heavy atom. The van der Waals surface area contributed by atoms with Crippen LogP contribution < -0.4 is 0 Å². The second-order valence-corrected chi connectivity index (χ2v) is 13.6. The fourth-order valence-electron chi connectivity index (χ4n) is 4.14. The fourth-order valence-corrected chi connectivity index (χ4v) is 11.6. The first-order valence-electron chi connectivity index (χ1n) is 7.19. The summed E-state index contributed by atoms with van der Waals surface area (Å²) in [7, 11) is -2.11. The van der Waals surface area contributed by atoms with Gasteiger partial charge in [0.25, 0.3) is 0 Å². The maximum atomic E-state index is 11.3. The van der Waals surface area contributed by atoms with E-state index in [1.165, 1.54) is 6.92 Å². The molecule has 112 valence electrons. The van der Waals surface area contributed by atoms with Crippen LogP contribution in [0.1, 0.15) is 62.3 Å². The molecule has 1 heterocycles. The van der Waals surface area contributed by atoms with Crippen molar-refractivity contribution in [1.29, 1.82) is 0 Å². The molecule has 0 aromatic rings. The second kappa shape index (κ2) is 4.88. The largest absolute Gasteiger partial charge is 0.437 e. The van der Waals surface area contributed by atoms with Gasteiger partial charge in [0.15, 0.2) is 6.29 Å². The van der Waals surface area contributed by atoms with E-state index in [4.69, 9.17) is 9.16 Å². The van der Waals surface area contributed by atoms with Crippen molar-refractivity contribution >= 4 is 14.3 Å². The van der Waals surface area contributed by atoms with Crippen molar-refractivity contribution in [2.75, 3.05) is 0 Å². The van der Waals surface area contributed by atoms with Crippen molar-refractivity contribution < 1.29 is 14.0 Å². The maximum Gasteiger partial charge on any atom is 0.304 e. The number of rotatable bonds is 1. The molecule has 3 atom stereocenters. The van der Waals surface area contributed by atoms with Crippen LogP contribution in [0.4, 0.5) is 0 Å². The summed E-state index contributed by atoms with van der Waals surface area (Å²) >= 11 is 0. The minimum atomic E-state index is -2.11. The van der Waals surface area contributed by atoms with Gasteiger partial charge in [-0.25, -0.2) is 0 Å². The first kappa shape index (κ1) is 16.7. The van der Waals surface area contributed by atoms with Gasteiger partial charge in [0.2, 0.25) is 8.32 Å². The summed E-state index contributed by atoms with van der Waals surface area (Å²) in [5.41, 5.74) is 0.455. The van der Waals surface area contributed by atoms with Crippen LogP contribution in [0, 0.1) is 5.92 Å². The molecule has 0 N–H and O–H groups in total. The van der Waals surface area contributed by atoms with Crippen LogP contribution in [-0.2, 0) is 14.0 Å². The van der Waals surface area contributed by atoms with E-state index >= 15 is 0 Å². The van der Waals surface area contributed by atoms with Crippen LogP contribution >= 0.6 is 0 Å². The van der Waals surface area contributed by atoms with Crippen LogP contribution in [0.25, 0.3) is 0 Å². The molecule has 0 aliphatic carbocycles. The molecule has 0 amide bonds. The Hall–Kier alpha value is -0.353. The van der Waals surface area contributed by atoms with Gasteiger partial charge in [-0.1, -0.05) is 55.4 Å². The highest BCUT2D eigenvalue weighted by Gasteiger charge is 2.65. The van der Waals surface area contributed by atoms with Gasteiger partial charge in [0.1, 0.15) is 0 Å². The van der Waals surface area contributed by atoms with E-state index in [1.807, 2.05) is 0 Å². The van der Waals surface area contributed by atoms with E-state index in [9.17, 15) is 4.79 Å². The third-order valence-corrected chi connectivity index (χ3v) is 11.5. The lowest BCUT2D eigenvalue weighted by molar-refractivity contribution is -0.165. The number of hydrogen-bond donors (Lipinski definition) is 0. The molecule has 1 fully saturated rings. The number of carbonyl (C=O) groups excluding carboxylic acids is 1. The average Bonchev–Trinajstić information content (AvgIpc) is 2.40. The van der Waals surface area contributed by atoms with E-state index in [0.29, 0.717) is 5.54 Å². The lowest BCUT2D eigenvalue weighted by Gasteiger charge is -2.50. The summed E-state index contributed by atoms with van der Waals surface area (Å²) in [6.45, 7) is 19.5. The van der Waals surface area contributed by atoms with Crippen LogP contribution in [0.2, 0.25) is 15.6 Å². The van der Waals surface area contributed by atoms with Gasteiger partial charge in [-0.2, -0.15) is 0 Å². The lowest BCUT2D eigenvalue weighted by atomic mass is 10.1. The zero-order valence-electron chi connectivity index (χ0n) is 14.0. The monoisotopic (exact) mass is 286 g/mol. The summed E-state index contributed by atoms with van der Waals surface area (Å²) in [4.78, 5) is 11.3. The fraction of sp³-hybridized carbons (Fsp3) is 0.933. The van der Waals surface area contributed by atoms with Gasteiger partial charge in [-0.3, -0.25) is 4.79 Å². The summed E-state index contributed by atoms with van der Waals surface area (Å²) in [6.07, 6.45) is -0.377. The normalized spacial score (nSPS) is 31.3. The summed E-state index contributed by atoms with van der Waals surface area (Å²) < 4.78 is 11.9.